The highest BCUT2D eigenvalue weighted by molar-refractivity contribution is 7.11. The van der Waals surface area contributed by atoms with E-state index in [1.807, 2.05) is 18.4 Å². The first kappa shape index (κ1) is 14.0. The fraction of sp³-hybridized carbons (Fsp3) is 0.714. The number of rotatable bonds is 6. The molecule has 0 saturated carbocycles. The Labute approximate surface area is 114 Å². The highest BCUT2D eigenvalue weighted by atomic mass is 32.1. The third kappa shape index (κ3) is 4.35. The van der Waals surface area contributed by atoms with E-state index in [9.17, 15) is 0 Å². The van der Waals surface area contributed by atoms with Gasteiger partial charge in [-0.15, -0.1) is 11.3 Å². The van der Waals surface area contributed by atoms with Crippen molar-refractivity contribution in [2.24, 2.45) is 0 Å². The van der Waals surface area contributed by atoms with Crippen LogP contribution >= 0.6 is 11.3 Å². The molecule has 0 aromatic carbocycles. The summed E-state index contributed by atoms with van der Waals surface area (Å²) in [6.07, 6.45) is 2.93. The number of nitrogens with one attached hydrogen (secondary N) is 1. The smallest absolute Gasteiger partial charge is 0.0698 e. The lowest BCUT2D eigenvalue weighted by Gasteiger charge is -2.31. The minimum atomic E-state index is 0.443. The highest BCUT2D eigenvalue weighted by Crippen LogP contribution is 2.14. The van der Waals surface area contributed by atoms with Gasteiger partial charge in [-0.2, -0.15) is 0 Å². The quantitative estimate of drug-likeness (QED) is 0.801. The van der Waals surface area contributed by atoms with Gasteiger partial charge in [-0.25, -0.2) is 0 Å². The molecule has 1 aromatic heterocycles. The van der Waals surface area contributed by atoms with Crippen molar-refractivity contribution in [2.75, 3.05) is 33.3 Å². The summed E-state index contributed by atoms with van der Waals surface area (Å²) in [5.74, 6) is 0. The molecule has 2 heterocycles. The average Bonchev–Trinajstić information content (AvgIpc) is 2.81. The van der Waals surface area contributed by atoms with E-state index in [1.54, 1.807) is 0 Å². The van der Waals surface area contributed by atoms with Crippen LogP contribution in [-0.2, 0) is 11.3 Å². The fourth-order valence-electron chi connectivity index (χ4n) is 2.44. The molecule has 1 atom stereocenters. The third-order valence-electron chi connectivity index (χ3n) is 3.50. The van der Waals surface area contributed by atoms with Crippen LogP contribution in [0.2, 0.25) is 0 Å². The van der Waals surface area contributed by atoms with Crippen molar-refractivity contribution < 1.29 is 4.74 Å². The summed E-state index contributed by atoms with van der Waals surface area (Å²) in [4.78, 5) is 5.33. The minimum absolute atomic E-state index is 0.443. The number of hydrogen-bond donors (Lipinski definition) is 1. The van der Waals surface area contributed by atoms with E-state index in [4.69, 9.17) is 4.74 Å². The molecule has 1 aromatic rings. The van der Waals surface area contributed by atoms with Gasteiger partial charge in [-0.3, -0.25) is 4.90 Å². The first-order chi connectivity index (χ1) is 8.78. The number of methoxy groups -OCH3 is 1. The van der Waals surface area contributed by atoms with E-state index < -0.39 is 0 Å². The largest absolute Gasteiger partial charge is 0.380 e. The van der Waals surface area contributed by atoms with E-state index >= 15 is 0 Å². The SMILES string of the molecule is COC1CCCN(CCNCc2ccc(C)s2)C1. The molecule has 0 radical (unpaired) electrons. The lowest BCUT2D eigenvalue weighted by atomic mass is 10.1. The maximum atomic E-state index is 5.44. The van der Waals surface area contributed by atoms with Crippen LogP contribution in [0.15, 0.2) is 12.1 Å². The van der Waals surface area contributed by atoms with Gasteiger partial charge < -0.3 is 10.1 Å². The Bertz CT molecular complexity index is 353. The Morgan fingerprint density at radius 3 is 3.11 bits per heavy atom. The van der Waals surface area contributed by atoms with Crippen LogP contribution in [0.25, 0.3) is 0 Å². The van der Waals surface area contributed by atoms with Crippen LogP contribution in [-0.4, -0.2) is 44.3 Å². The predicted molar refractivity (Wildman–Crippen MR) is 77.2 cm³/mol. The molecule has 102 valence electrons. The zero-order valence-electron chi connectivity index (χ0n) is 11.4. The van der Waals surface area contributed by atoms with Gasteiger partial charge in [0, 0.05) is 43.0 Å². The molecule has 3 nitrogen and oxygen atoms in total. The summed E-state index contributed by atoms with van der Waals surface area (Å²) in [5.41, 5.74) is 0. The average molecular weight is 268 g/mol. The molecule has 1 N–H and O–H groups in total. The Morgan fingerprint density at radius 1 is 1.50 bits per heavy atom. The maximum absolute atomic E-state index is 5.44. The van der Waals surface area contributed by atoms with Crippen molar-refractivity contribution in [3.8, 4) is 0 Å². The lowest BCUT2D eigenvalue weighted by Crippen LogP contribution is -2.42. The molecule has 0 bridgehead atoms. The first-order valence-corrected chi connectivity index (χ1v) is 7.61. The van der Waals surface area contributed by atoms with Gasteiger partial charge in [-0.1, -0.05) is 0 Å². The Morgan fingerprint density at radius 2 is 2.39 bits per heavy atom. The Hall–Kier alpha value is -0.420. The first-order valence-electron chi connectivity index (χ1n) is 6.79. The van der Waals surface area contributed by atoms with Crippen LogP contribution in [0.1, 0.15) is 22.6 Å². The van der Waals surface area contributed by atoms with Crippen molar-refractivity contribution in [3.63, 3.8) is 0 Å². The summed E-state index contributed by atoms with van der Waals surface area (Å²) in [6, 6.07) is 4.41. The molecule has 0 spiro atoms. The second-order valence-corrected chi connectivity index (χ2v) is 6.36. The monoisotopic (exact) mass is 268 g/mol. The fourth-order valence-corrected chi connectivity index (χ4v) is 3.30. The van der Waals surface area contributed by atoms with Gasteiger partial charge in [0.1, 0.15) is 0 Å². The van der Waals surface area contributed by atoms with Gasteiger partial charge in [0.15, 0.2) is 0 Å². The van der Waals surface area contributed by atoms with Crippen molar-refractivity contribution in [1.29, 1.82) is 0 Å². The van der Waals surface area contributed by atoms with Crippen LogP contribution in [0.4, 0.5) is 0 Å². The van der Waals surface area contributed by atoms with Crippen LogP contribution in [0.3, 0.4) is 0 Å². The minimum Gasteiger partial charge on any atom is -0.380 e. The van der Waals surface area contributed by atoms with Gasteiger partial charge in [0.05, 0.1) is 6.10 Å². The summed E-state index contributed by atoms with van der Waals surface area (Å²) >= 11 is 1.88. The zero-order valence-corrected chi connectivity index (χ0v) is 12.3. The molecular weight excluding hydrogens is 244 g/mol. The van der Waals surface area contributed by atoms with E-state index in [2.05, 4.69) is 29.3 Å². The van der Waals surface area contributed by atoms with Crippen molar-refractivity contribution in [1.82, 2.24) is 10.2 Å². The molecule has 1 unspecified atom stereocenters. The van der Waals surface area contributed by atoms with Gasteiger partial charge in [0.25, 0.3) is 0 Å². The van der Waals surface area contributed by atoms with Crippen LogP contribution in [0.5, 0.6) is 0 Å². The topological polar surface area (TPSA) is 24.5 Å². The van der Waals surface area contributed by atoms with E-state index in [-0.39, 0.29) is 0 Å². The number of likely N-dealkylation sites (tertiary alicyclic amines) is 1. The normalized spacial score (nSPS) is 21.3. The second kappa shape index (κ2) is 7.24. The molecule has 0 amide bonds. The van der Waals surface area contributed by atoms with E-state index in [0.717, 1.165) is 26.2 Å². The van der Waals surface area contributed by atoms with Gasteiger partial charge in [-0.05, 0) is 38.4 Å². The molecule has 1 aliphatic rings. The van der Waals surface area contributed by atoms with Gasteiger partial charge in [0.2, 0.25) is 0 Å². The maximum Gasteiger partial charge on any atom is 0.0698 e. The molecule has 0 aliphatic carbocycles. The Kier molecular flexibility index (Phi) is 5.63. The molecule has 2 rings (SSSR count). The van der Waals surface area contributed by atoms with Gasteiger partial charge >= 0.3 is 0 Å². The number of piperidine rings is 1. The standard InChI is InChI=1S/C14H24N2OS/c1-12-5-6-14(18-12)10-15-7-9-16-8-3-4-13(11-16)17-2/h5-6,13,15H,3-4,7-11H2,1-2H3. The van der Waals surface area contributed by atoms with E-state index in [0.29, 0.717) is 6.10 Å². The summed E-state index contributed by atoms with van der Waals surface area (Å²) in [5, 5.41) is 3.52. The second-order valence-electron chi connectivity index (χ2n) is 4.99. The molecule has 1 fully saturated rings. The number of nitrogens with zero attached hydrogens (tertiary/aromatic N) is 1. The van der Waals surface area contributed by atoms with Crippen molar-refractivity contribution in [3.05, 3.63) is 21.9 Å². The number of aryl methyl sites for hydroxylation is 1. The van der Waals surface area contributed by atoms with Crippen molar-refractivity contribution in [2.45, 2.75) is 32.4 Å². The molecule has 4 heteroatoms. The molecule has 18 heavy (non-hydrogen) atoms. The van der Waals surface area contributed by atoms with Crippen LogP contribution in [0, 0.1) is 6.92 Å². The van der Waals surface area contributed by atoms with E-state index in [1.165, 1.54) is 29.1 Å². The summed E-state index contributed by atoms with van der Waals surface area (Å²) in [7, 11) is 1.82. The number of ether oxygens (including phenoxy) is 1. The van der Waals surface area contributed by atoms with Crippen molar-refractivity contribution >= 4 is 11.3 Å². The van der Waals surface area contributed by atoms with Crippen LogP contribution < -0.4 is 5.32 Å². The molecule has 1 aliphatic heterocycles. The molecule has 1 saturated heterocycles. The third-order valence-corrected chi connectivity index (χ3v) is 4.50. The predicted octanol–water partition coefficient (Wildman–Crippen LogP) is 2.26. The lowest BCUT2D eigenvalue weighted by molar-refractivity contribution is 0.0318. The molecular formula is C14H24N2OS. The number of hydrogen-bond acceptors (Lipinski definition) is 4. The zero-order chi connectivity index (χ0) is 12.8. The Balaban J connectivity index is 1.60. The summed E-state index contributed by atoms with van der Waals surface area (Å²) in [6.45, 7) is 7.67. The summed E-state index contributed by atoms with van der Waals surface area (Å²) < 4.78 is 5.44. The highest BCUT2D eigenvalue weighted by Gasteiger charge is 2.18. The number of thiophene rings is 1.